The van der Waals surface area contributed by atoms with Gasteiger partial charge < -0.3 is 9.47 Å². The van der Waals surface area contributed by atoms with Crippen molar-refractivity contribution in [3.63, 3.8) is 0 Å². The number of benzene rings is 2. The molecule has 1 aliphatic carbocycles. The smallest absolute Gasteiger partial charge is 0.231 e. The molecule has 0 spiro atoms. The van der Waals surface area contributed by atoms with E-state index in [1.165, 1.54) is 53.7 Å². The summed E-state index contributed by atoms with van der Waals surface area (Å²) in [6.45, 7) is 0.320. The molecule has 2 nitrogen and oxygen atoms in total. The molecule has 0 atom stereocenters. The van der Waals surface area contributed by atoms with Crippen LogP contribution in [0.1, 0.15) is 37.7 Å². The Labute approximate surface area is 147 Å². The molecule has 2 aliphatic rings. The summed E-state index contributed by atoms with van der Waals surface area (Å²) < 4.78 is 11.2. The quantitative estimate of drug-likeness (QED) is 0.625. The van der Waals surface area contributed by atoms with Crippen molar-refractivity contribution < 1.29 is 9.47 Å². The van der Waals surface area contributed by atoms with Gasteiger partial charge in [0.15, 0.2) is 11.5 Å². The van der Waals surface area contributed by atoms with Crippen LogP contribution in [0.3, 0.4) is 0 Å². The summed E-state index contributed by atoms with van der Waals surface area (Å²) in [7, 11) is 0. The monoisotopic (exact) mass is 338 g/mol. The molecule has 0 N–H and O–H groups in total. The zero-order valence-corrected chi connectivity index (χ0v) is 14.8. The molecule has 0 saturated heterocycles. The van der Waals surface area contributed by atoms with E-state index in [4.69, 9.17) is 9.47 Å². The van der Waals surface area contributed by atoms with Gasteiger partial charge in [0.05, 0.1) is 0 Å². The van der Waals surface area contributed by atoms with Gasteiger partial charge in [-0.15, -0.1) is 11.8 Å². The molecule has 24 heavy (non-hydrogen) atoms. The molecule has 1 fully saturated rings. The summed E-state index contributed by atoms with van der Waals surface area (Å²) >= 11 is 1.77. The Morgan fingerprint density at radius 2 is 1.62 bits per heavy atom. The van der Waals surface area contributed by atoms with Crippen molar-refractivity contribution in [2.75, 3.05) is 13.0 Å². The topological polar surface area (TPSA) is 18.5 Å². The molecule has 124 valence electrons. The highest BCUT2D eigenvalue weighted by Crippen LogP contribution is 2.40. The summed E-state index contributed by atoms with van der Waals surface area (Å²) in [6, 6.07) is 13.0. The van der Waals surface area contributed by atoms with Crippen molar-refractivity contribution in [1.29, 1.82) is 0 Å². The molecule has 0 unspecified atom stereocenters. The zero-order valence-electron chi connectivity index (χ0n) is 14.0. The summed E-state index contributed by atoms with van der Waals surface area (Å²) in [5.41, 5.74) is 5.26. The first kappa shape index (κ1) is 15.6. The van der Waals surface area contributed by atoms with Gasteiger partial charge in [0.1, 0.15) is 0 Å². The van der Waals surface area contributed by atoms with E-state index < -0.39 is 0 Å². The fourth-order valence-corrected chi connectivity index (χ4v) is 3.88. The van der Waals surface area contributed by atoms with Crippen LogP contribution in [0.15, 0.2) is 46.9 Å². The van der Waals surface area contributed by atoms with Gasteiger partial charge in [-0.3, -0.25) is 0 Å². The van der Waals surface area contributed by atoms with Crippen LogP contribution < -0.4 is 9.47 Å². The largest absolute Gasteiger partial charge is 0.454 e. The minimum atomic E-state index is 0.320. The minimum absolute atomic E-state index is 0.320. The van der Waals surface area contributed by atoms with Gasteiger partial charge >= 0.3 is 0 Å². The van der Waals surface area contributed by atoms with E-state index in [1.807, 2.05) is 0 Å². The van der Waals surface area contributed by atoms with Crippen LogP contribution in [-0.4, -0.2) is 13.0 Å². The van der Waals surface area contributed by atoms with Crippen molar-refractivity contribution in [3.8, 4) is 22.6 Å². The third-order valence-corrected chi connectivity index (χ3v) is 5.54. The maximum absolute atomic E-state index is 5.60. The zero-order chi connectivity index (χ0) is 16.4. The van der Waals surface area contributed by atoms with E-state index in [0.29, 0.717) is 6.79 Å². The molecule has 1 heterocycles. The molecule has 4 rings (SSSR count). The van der Waals surface area contributed by atoms with Crippen LogP contribution in [0.25, 0.3) is 17.2 Å². The van der Waals surface area contributed by atoms with Crippen LogP contribution in [0, 0.1) is 0 Å². The van der Waals surface area contributed by atoms with E-state index in [0.717, 1.165) is 11.5 Å². The summed E-state index contributed by atoms with van der Waals surface area (Å²) in [4.78, 5) is 1.28. The van der Waals surface area contributed by atoms with E-state index in [2.05, 4.69) is 48.7 Å². The molecule has 0 amide bonds. The maximum atomic E-state index is 5.60. The third-order valence-electron chi connectivity index (χ3n) is 4.80. The van der Waals surface area contributed by atoms with Gasteiger partial charge in [-0.25, -0.2) is 0 Å². The third kappa shape index (κ3) is 3.18. The number of fused-ring (bicyclic) bond motifs is 1. The van der Waals surface area contributed by atoms with Crippen molar-refractivity contribution in [1.82, 2.24) is 0 Å². The van der Waals surface area contributed by atoms with Crippen molar-refractivity contribution in [2.24, 2.45) is 0 Å². The molecule has 1 saturated carbocycles. The van der Waals surface area contributed by atoms with Crippen LogP contribution >= 0.6 is 11.8 Å². The molecule has 0 aromatic heterocycles. The second-order valence-electron chi connectivity index (χ2n) is 6.38. The molecule has 1 aliphatic heterocycles. The lowest BCUT2D eigenvalue weighted by Crippen LogP contribution is -1.94. The predicted molar refractivity (Wildman–Crippen MR) is 101 cm³/mol. The van der Waals surface area contributed by atoms with Crippen molar-refractivity contribution in [2.45, 2.75) is 37.0 Å². The van der Waals surface area contributed by atoms with E-state index in [9.17, 15) is 0 Å². The first-order chi connectivity index (χ1) is 11.8. The Kier molecular flexibility index (Phi) is 4.52. The van der Waals surface area contributed by atoms with Gasteiger partial charge in [0, 0.05) is 4.90 Å². The van der Waals surface area contributed by atoms with Gasteiger partial charge in [-0.1, -0.05) is 30.2 Å². The normalized spacial score (nSPS) is 16.3. The Morgan fingerprint density at radius 1 is 0.917 bits per heavy atom. The fraction of sp³-hybridized carbons (Fsp3) is 0.333. The minimum Gasteiger partial charge on any atom is -0.454 e. The Hall–Kier alpha value is -1.87. The Balaban J connectivity index is 1.78. The average molecular weight is 338 g/mol. The number of hydrogen-bond donors (Lipinski definition) is 0. The first-order valence-electron chi connectivity index (χ1n) is 8.61. The lowest BCUT2D eigenvalue weighted by molar-refractivity contribution is 0.174. The number of ether oxygens (including phenoxy) is 2. The van der Waals surface area contributed by atoms with E-state index in [-0.39, 0.29) is 0 Å². The second-order valence-corrected chi connectivity index (χ2v) is 7.26. The summed E-state index contributed by atoms with van der Waals surface area (Å²) in [6.07, 6.45) is 10.9. The number of hydrogen-bond acceptors (Lipinski definition) is 3. The fourth-order valence-electron chi connectivity index (χ4n) is 3.47. The van der Waals surface area contributed by atoms with Crippen LogP contribution in [0.5, 0.6) is 11.5 Å². The highest BCUT2D eigenvalue weighted by Gasteiger charge is 2.18. The first-order valence-corrected chi connectivity index (χ1v) is 9.83. The molecular formula is C21H22O2S. The molecule has 2 aromatic rings. The molecule has 3 heteroatoms. The average Bonchev–Trinajstić information content (AvgIpc) is 3.09. The van der Waals surface area contributed by atoms with Crippen LogP contribution in [-0.2, 0) is 0 Å². The SMILES string of the molecule is CSc1ccc(-c2cc3c(cc2C=C2CCCCC2)OCO3)cc1. The summed E-state index contributed by atoms with van der Waals surface area (Å²) in [5, 5.41) is 0. The predicted octanol–water partition coefficient (Wildman–Crippen LogP) is 6.15. The van der Waals surface area contributed by atoms with Gasteiger partial charge in [-0.05, 0) is 72.9 Å². The molecular weight excluding hydrogens is 316 g/mol. The molecule has 2 aromatic carbocycles. The molecule has 0 radical (unpaired) electrons. The van der Waals surface area contributed by atoms with Crippen LogP contribution in [0.4, 0.5) is 0 Å². The Morgan fingerprint density at radius 3 is 2.33 bits per heavy atom. The Bertz CT molecular complexity index is 754. The van der Waals surface area contributed by atoms with Gasteiger partial charge in [0.25, 0.3) is 0 Å². The highest BCUT2D eigenvalue weighted by atomic mass is 32.2. The lowest BCUT2D eigenvalue weighted by Gasteiger charge is -2.15. The number of rotatable bonds is 3. The standard InChI is InChI=1S/C21H22O2S/c1-24-18-9-7-16(8-10-18)19-13-21-20(22-14-23-21)12-17(19)11-15-5-3-2-4-6-15/h7-13H,2-6,14H2,1H3. The number of allylic oxidation sites excluding steroid dienone is 1. The van der Waals surface area contributed by atoms with E-state index in [1.54, 1.807) is 17.3 Å². The van der Waals surface area contributed by atoms with Gasteiger partial charge in [-0.2, -0.15) is 0 Å². The van der Waals surface area contributed by atoms with Crippen molar-refractivity contribution >= 4 is 17.8 Å². The highest BCUT2D eigenvalue weighted by molar-refractivity contribution is 7.98. The lowest BCUT2D eigenvalue weighted by atomic mass is 9.91. The second kappa shape index (κ2) is 6.94. The number of thioether (sulfide) groups is 1. The van der Waals surface area contributed by atoms with Gasteiger partial charge in [0.2, 0.25) is 6.79 Å². The van der Waals surface area contributed by atoms with E-state index >= 15 is 0 Å². The molecule has 0 bridgehead atoms. The van der Waals surface area contributed by atoms with Crippen LogP contribution in [0.2, 0.25) is 0 Å². The van der Waals surface area contributed by atoms with Crippen molar-refractivity contribution in [3.05, 3.63) is 47.5 Å². The summed E-state index contributed by atoms with van der Waals surface area (Å²) in [5.74, 6) is 1.71. The maximum Gasteiger partial charge on any atom is 0.231 e.